The Morgan fingerprint density at radius 3 is 2.93 bits per heavy atom. The van der Waals surface area contributed by atoms with E-state index in [4.69, 9.17) is 17.4 Å². The molecule has 0 amide bonds. The van der Waals surface area contributed by atoms with Crippen molar-refractivity contribution in [3.63, 3.8) is 0 Å². The van der Waals surface area contributed by atoms with Gasteiger partial charge in [0.15, 0.2) is 0 Å². The summed E-state index contributed by atoms with van der Waals surface area (Å²) < 4.78 is 0. The maximum absolute atomic E-state index is 5.79. The van der Waals surface area contributed by atoms with Gasteiger partial charge in [-0.05, 0) is 18.6 Å². The quantitative estimate of drug-likeness (QED) is 0.557. The maximum atomic E-state index is 5.79. The standard InChI is InChI=1S/C9H11ClN4/c10-8-3-2-7(6-13-8)9-12-4-1-5-14(9)11/h2-3,6H,1,4-5,11H2. The van der Waals surface area contributed by atoms with Crippen molar-refractivity contribution >= 4 is 17.4 Å². The van der Waals surface area contributed by atoms with Gasteiger partial charge in [-0.1, -0.05) is 11.6 Å². The van der Waals surface area contributed by atoms with E-state index in [9.17, 15) is 0 Å². The Morgan fingerprint density at radius 1 is 1.43 bits per heavy atom. The fourth-order valence-corrected chi connectivity index (χ4v) is 1.50. The van der Waals surface area contributed by atoms with Crippen LogP contribution >= 0.6 is 11.6 Å². The summed E-state index contributed by atoms with van der Waals surface area (Å²) in [5.41, 5.74) is 0.914. The van der Waals surface area contributed by atoms with Crippen molar-refractivity contribution in [1.82, 2.24) is 9.99 Å². The van der Waals surface area contributed by atoms with Crippen molar-refractivity contribution in [2.24, 2.45) is 10.8 Å². The Kier molecular flexibility index (Phi) is 2.65. The number of rotatable bonds is 1. The molecular formula is C9H11ClN4. The number of halogens is 1. The summed E-state index contributed by atoms with van der Waals surface area (Å²) in [6.07, 6.45) is 2.69. The third-order valence-corrected chi connectivity index (χ3v) is 2.30. The van der Waals surface area contributed by atoms with E-state index in [1.807, 2.05) is 6.07 Å². The molecule has 0 bridgehead atoms. The van der Waals surface area contributed by atoms with Gasteiger partial charge in [0.2, 0.25) is 0 Å². The summed E-state index contributed by atoms with van der Waals surface area (Å²) in [4.78, 5) is 8.34. The molecule has 0 atom stereocenters. The predicted octanol–water partition coefficient (Wildman–Crippen LogP) is 1.06. The third-order valence-electron chi connectivity index (χ3n) is 2.08. The smallest absolute Gasteiger partial charge is 0.146 e. The molecule has 1 aliphatic rings. The van der Waals surface area contributed by atoms with Crippen LogP contribution in [0.15, 0.2) is 23.3 Å². The fourth-order valence-electron chi connectivity index (χ4n) is 1.39. The highest BCUT2D eigenvalue weighted by atomic mass is 35.5. The molecule has 0 saturated carbocycles. The monoisotopic (exact) mass is 210 g/mol. The number of nitrogens with zero attached hydrogens (tertiary/aromatic N) is 3. The van der Waals surface area contributed by atoms with Gasteiger partial charge >= 0.3 is 0 Å². The highest BCUT2D eigenvalue weighted by Crippen LogP contribution is 2.10. The Bertz CT molecular complexity index is 346. The van der Waals surface area contributed by atoms with Crippen molar-refractivity contribution in [3.8, 4) is 0 Å². The summed E-state index contributed by atoms with van der Waals surface area (Å²) in [5, 5.41) is 2.13. The maximum Gasteiger partial charge on any atom is 0.146 e. The number of amidine groups is 1. The number of hydrogen-bond donors (Lipinski definition) is 1. The van der Waals surface area contributed by atoms with Gasteiger partial charge in [0.05, 0.1) is 0 Å². The van der Waals surface area contributed by atoms with E-state index in [1.54, 1.807) is 17.3 Å². The molecule has 1 aliphatic heterocycles. The Hall–Kier alpha value is -1.13. The molecule has 2 rings (SSSR count). The average Bonchev–Trinajstić information content (AvgIpc) is 2.20. The second-order valence-electron chi connectivity index (χ2n) is 3.12. The molecule has 4 nitrogen and oxygen atoms in total. The lowest BCUT2D eigenvalue weighted by Gasteiger charge is -2.24. The van der Waals surface area contributed by atoms with Crippen LogP contribution in [0.3, 0.4) is 0 Å². The Morgan fingerprint density at radius 2 is 2.29 bits per heavy atom. The zero-order chi connectivity index (χ0) is 9.97. The molecule has 0 aliphatic carbocycles. The molecule has 1 aromatic heterocycles. The van der Waals surface area contributed by atoms with Crippen LogP contribution in [0.1, 0.15) is 12.0 Å². The Balaban J connectivity index is 2.29. The SMILES string of the molecule is NN1CCCN=C1c1ccc(Cl)nc1. The van der Waals surface area contributed by atoms with E-state index in [0.717, 1.165) is 30.9 Å². The van der Waals surface area contributed by atoms with Crippen molar-refractivity contribution in [1.29, 1.82) is 0 Å². The van der Waals surface area contributed by atoms with Gasteiger partial charge in [-0.15, -0.1) is 0 Å². The van der Waals surface area contributed by atoms with Gasteiger partial charge in [-0.2, -0.15) is 0 Å². The second-order valence-corrected chi connectivity index (χ2v) is 3.51. The van der Waals surface area contributed by atoms with E-state index in [2.05, 4.69) is 9.98 Å². The summed E-state index contributed by atoms with van der Waals surface area (Å²) in [6.45, 7) is 1.66. The normalized spacial score (nSPS) is 16.7. The van der Waals surface area contributed by atoms with E-state index in [0.29, 0.717) is 5.15 Å². The van der Waals surface area contributed by atoms with Crippen molar-refractivity contribution in [3.05, 3.63) is 29.0 Å². The van der Waals surface area contributed by atoms with E-state index < -0.39 is 0 Å². The first-order chi connectivity index (χ1) is 6.77. The third kappa shape index (κ3) is 1.86. The van der Waals surface area contributed by atoms with Crippen LogP contribution in [0.4, 0.5) is 0 Å². The van der Waals surface area contributed by atoms with Crippen molar-refractivity contribution in [2.45, 2.75) is 6.42 Å². The molecule has 0 spiro atoms. The van der Waals surface area contributed by atoms with Gasteiger partial charge in [-0.3, -0.25) is 10.0 Å². The molecule has 14 heavy (non-hydrogen) atoms. The number of aliphatic imine (C=N–C) groups is 1. The van der Waals surface area contributed by atoms with Crippen LogP contribution < -0.4 is 5.84 Å². The first-order valence-corrected chi connectivity index (χ1v) is 4.84. The number of pyridine rings is 1. The minimum atomic E-state index is 0.480. The molecule has 74 valence electrons. The molecule has 0 fully saturated rings. The van der Waals surface area contributed by atoms with Crippen molar-refractivity contribution in [2.75, 3.05) is 13.1 Å². The first-order valence-electron chi connectivity index (χ1n) is 4.46. The highest BCUT2D eigenvalue weighted by Gasteiger charge is 2.13. The summed E-state index contributed by atoms with van der Waals surface area (Å²) in [6, 6.07) is 3.61. The van der Waals surface area contributed by atoms with Gasteiger partial charge in [-0.25, -0.2) is 10.8 Å². The van der Waals surface area contributed by atoms with Gasteiger partial charge in [0.25, 0.3) is 0 Å². The molecule has 2 heterocycles. The topological polar surface area (TPSA) is 54.5 Å². The van der Waals surface area contributed by atoms with Crippen LogP contribution in [0.2, 0.25) is 5.15 Å². The molecule has 0 saturated heterocycles. The fraction of sp³-hybridized carbons (Fsp3) is 0.333. The Labute approximate surface area is 87.4 Å². The zero-order valence-corrected chi connectivity index (χ0v) is 8.41. The minimum absolute atomic E-state index is 0.480. The first kappa shape index (κ1) is 9.43. The summed E-state index contributed by atoms with van der Waals surface area (Å²) in [7, 11) is 0. The van der Waals surface area contributed by atoms with Crippen LogP contribution in [0.5, 0.6) is 0 Å². The number of hydrogen-bond acceptors (Lipinski definition) is 4. The molecule has 0 radical (unpaired) electrons. The second kappa shape index (κ2) is 3.94. The largest absolute Gasteiger partial charge is 0.295 e. The number of aromatic nitrogens is 1. The molecule has 2 N–H and O–H groups in total. The molecule has 0 unspecified atom stereocenters. The predicted molar refractivity (Wildman–Crippen MR) is 56.2 cm³/mol. The lowest BCUT2D eigenvalue weighted by Crippen LogP contribution is -2.41. The van der Waals surface area contributed by atoms with Crippen LogP contribution in [0.25, 0.3) is 0 Å². The zero-order valence-electron chi connectivity index (χ0n) is 7.65. The molecule has 0 aromatic carbocycles. The molecular weight excluding hydrogens is 200 g/mol. The lowest BCUT2D eigenvalue weighted by atomic mass is 10.2. The van der Waals surface area contributed by atoms with Crippen LogP contribution in [-0.2, 0) is 0 Å². The lowest BCUT2D eigenvalue weighted by molar-refractivity contribution is 0.412. The van der Waals surface area contributed by atoms with Gasteiger partial charge < -0.3 is 0 Å². The van der Waals surface area contributed by atoms with Crippen LogP contribution in [-0.4, -0.2) is 28.9 Å². The summed E-state index contributed by atoms with van der Waals surface area (Å²) in [5.74, 6) is 6.58. The van der Waals surface area contributed by atoms with Crippen molar-refractivity contribution < 1.29 is 0 Å². The molecule has 1 aromatic rings. The van der Waals surface area contributed by atoms with Gasteiger partial charge in [0.1, 0.15) is 11.0 Å². The van der Waals surface area contributed by atoms with Crippen LogP contribution in [0, 0.1) is 0 Å². The van der Waals surface area contributed by atoms with E-state index >= 15 is 0 Å². The molecule has 5 heteroatoms. The van der Waals surface area contributed by atoms with E-state index in [-0.39, 0.29) is 0 Å². The highest BCUT2D eigenvalue weighted by molar-refractivity contribution is 6.29. The van der Waals surface area contributed by atoms with E-state index in [1.165, 1.54) is 0 Å². The number of nitrogens with two attached hydrogens (primary N) is 1. The minimum Gasteiger partial charge on any atom is -0.295 e. The van der Waals surface area contributed by atoms with Gasteiger partial charge in [0, 0.05) is 24.8 Å². The summed E-state index contributed by atoms with van der Waals surface area (Å²) >= 11 is 5.69. The number of hydrazine groups is 1. The average molecular weight is 211 g/mol.